The topological polar surface area (TPSA) is 109 Å². The molecule has 0 bridgehead atoms. The third-order valence-corrected chi connectivity index (χ3v) is 6.91. The minimum Gasteiger partial charge on any atom is -0.459 e. The maximum absolute atomic E-state index is 12.6. The van der Waals surface area contributed by atoms with Crippen LogP contribution in [0.1, 0.15) is 20.9 Å². The molecule has 1 aromatic heterocycles. The van der Waals surface area contributed by atoms with Gasteiger partial charge in [-0.1, -0.05) is 0 Å². The zero-order valence-electron chi connectivity index (χ0n) is 16.0. The number of rotatable bonds is 6. The summed E-state index contributed by atoms with van der Waals surface area (Å²) in [4.78, 5) is 24.6. The summed E-state index contributed by atoms with van der Waals surface area (Å²) in [6, 6.07) is 14.0. The highest BCUT2D eigenvalue weighted by molar-refractivity contribution is 9.10. The molecular weight excluding hydrogens is 474 g/mol. The first-order valence-electron chi connectivity index (χ1n) is 8.67. The van der Waals surface area contributed by atoms with Crippen molar-refractivity contribution in [2.75, 3.05) is 24.7 Å². The molecule has 0 unspecified atom stereocenters. The first-order chi connectivity index (χ1) is 14.2. The Balaban J connectivity index is 1.73. The fraction of sp³-hybridized carbons (Fsp3) is 0.100. The van der Waals surface area contributed by atoms with Crippen molar-refractivity contribution in [3.63, 3.8) is 0 Å². The molecule has 0 saturated carbocycles. The van der Waals surface area contributed by atoms with Crippen LogP contribution in [-0.2, 0) is 10.0 Å². The molecule has 0 radical (unpaired) electrons. The van der Waals surface area contributed by atoms with E-state index in [1.54, 1.807) is 36.4 Å². The van der Waals surface area contributed by atoms with Gasteiger partial charge in [0, 0.05) is 35.5 Å². The molecule has 2 N–H and O–H groups in total. The van der Waals surface area contributed by atoms with Crippen LogP contribution in [0.15, 0.2) is 74.6 Å². The highest BCUT2D eigenvalue weighted by Crippen LogP contribution is 2.26. The van der Waals surface area contributed by atoms with Gasteiger partial charge in [-0.15, -0.1) is 0 Å². The number of hydrogen-bond donors (Lipinski definition) is 2. The zero-order chi connectivity index (χ0) is 21.9. The predicted octanol–water partition coefficient (Wildman–Crippen LogP) is 3.80. The van der Waals surface area contributed by atoms with E-state index >= 15 is 0 Å². The van der Waals surface area contributed by atoms with Gasteiger partial charge in [0.25, 0.3) is 11.8 Å². The van der Waals surface area contributed by atoms with Gasteiger partial charge in [0.2, 0.25) is 10.0 Å². The van der Waals surface area contributed by atoms with Crippen LogP contribution in [0.25, 0.3) is 0 Å². The van der Waals surface area contributed by atoms with Gasteiger partial charge in [-0.2, -0.15) is 0 Å². The molecule has 3 aromatic rings. The van der Waals surface area contributed by atoms with E-state index in [1.165, 1.54) is 38.6 Å². The first kappa shape index (κ1) is 21.8. The molecule has 0 saturated heterocycles. The fourth-order valence-corrected chi connectivity index (χ4v) is 4.32. The lowest BCUT2D eigenvalue weighted by atomic mass is 10.2. The highest BCUT2D eigenvalue weighted by Gasteiger charge is 2.22. The van der Waals surface area contributed by atoms with Gasteiger partial charge in [-0.25, -0.2) is 12.7 Å². The van der Waals surface area contributed by atoms with Crippen molar-refractivity contribution < 1.29 is 22.4 Å². The molecule has 1 heterocycles. The molecule has 0 aliphatic carbocycles. The Kier molecular flexibility index (Phi) is 6.40. The number of anilines is 2. The first-order valence-corrected chi connectivity index (χ1v) is 10.9. The molecule has 156 valence electrons. The van der Waals surface area contributed by atoms with E-state index in [9.17, 15) is 18.0 Å². The molecule has 3 rings (SSSR count). The summed E-state index contributed by atoms with van der Waals surface area (Å²) in [5, 5.41) is 5.38. The normalized spacial score (nSPS) is 11.3. The monoisotopic (exact) mass is 491 g/mol. The predicted molar refractivity (Wildman–Crippen MR) is 116 cm³/mol. The Labute approximate surface area is 182 Å². The van der Waals surface area contributed by atoms with Crippen LogP contribution in [0.5, 0.6) is 0 Å². The van der Waals surface area contributed by atoms with Crippen LogP contribution in [0.2, 0.25) is 0 Å². The Morgan fingerprint density at radius 1 is 0.933 bits per heavy atom. The molecule has 10 heteroatoms. The number of furan rings is 1. The molecule has 30 heavy (non-hydrogen) atoms. The smallest absolute Gasteiger partial charge is 0.291 e. The second kappa shape index (κ2) is 8.82. The minimum atomic E-state index is -3.71. The van der Waals surface area contributed by atoms with Crippen LogP contribution in [-0.4, -0.2) is 38.6 Å². The summed E-state index contributed by atoms with van der Waals surface area (Å²) >= 11 is 3.21. The van der Waals surface area contributed by atoms with E-state index in [1.807, 2.05) is 0 Å². The molecule has 0 fully saturated rings. The third-order valence-electron chi connectivity index (χ3n) is 4.10. The Morgan fingerprint density at radius 2 is 1.53 bits per heavy atom. The van der Waals surface area contributed by atoms with E-state index in [0.717, 1.165) is 4.31 Å². The lowest BCUT2D eigenvalue weighted by Crippen LogP contribution is -2.23. The van der Waals surface area contributed by atoms with Gasteiger partial charge in [-0.05, 0) is 70.5 Å². The summed E-state index contributed by atoms with van der Waals surface area (Å²) in [7, 11) is -0.879. The summed E-state index contributed by atoms with van der Waals surface area (Å²) < 4.78 is 31.3. The van der Waals surface area contributed by atoms with Gasteiger partial charge in [0.05, 0.1) is 11.2 Å². The van der Waals surface area contributed by atoms with Crippen LogP contribution in [0, 0.1) is 0 Å². The number of hydrogen-bond acceptors (Lipinski definition) is 5. The van der Waals surface area contributed by atoms with Crippen molar-refractivity contribution in [1.82, 2.24) is 4.31 Å². The molecule has 0 spiro atoms. The van der Waals surface area contributed by atoms with Crippen molar-refractivity contribution in [2.24, 2.45) is 0 Å². The molecule has 0 aliphatic rings. The van der Waals surface area contributed by atoms with Gasteiger partial charge < -0.3 is 15.1 Å². The second-order valence-corrected chi connectivity index (χ2v) is 9.37. The molecule has 0 atom stereocenters. The summed E-state index contributed by atoms with van der Waals surface area (Å²) in [6.45, 7) is 0. The van der Waals surface area contributed by atoms with Crippen molar-refractivity contribution in [3.05, 3.63) is 76.7 Å². The largest absolute Gasteiger partial charge is 0.459 e. The fourth-order valence-electron chi connectivity index (χ4n) is 2.48. The average molecular weight is 492 g/mol. The van der Waals surface area contributed by atoms with Crippen molar-refractivity contribution in [2.45, 2.75) is 4.90 Å². The van der Waals surface area contributed by atoms with Crippen LogP contribution < -0.4 is 10.6 Å². The van der Waals surface area contributed by atoms with E-state index in [0.29, 0.717) is 15.8 Å². The molecule has 0 aliphatic heterocycles. The van der Waals surface area contributed by atoms with Crippen LogP contribution in [0.3, 0.4) is 0 Å². The number of nitrogens with one attached hydrogen (secondary N) is 2. The van der Waals surface area contributed by atoms with Gasteiger partial charge >= 0.3 is 0 Å². The standard InChI is InChI=1S/C20H18BrN3O5S/c1-24(2)30(27,28)18-12-13(5-10-16(18)21)19(25)22-14-6-8-15(9-7-14)23-20(26)17-4-3-11-29-17/h3-12H,1-2H3,(H,22,25)(H,23,26). The minimum absolute atomic E-state index is 0.00358. The Bertz CT molecular complexity index is 1170. The van der Waals surface area contributed by atoms with Crippen molar-refractivity contribution in [1.29, 1.82) is 0 Å². The summed E-state index contributed by atoms with van der Waals surface area (Å²) in [5.41, 5.74) is 1.20. The number of sulfonamides is 1. The summed E-state index contributed by atoms with van der Waals surface area (Å²) in [6.07, 6.45) is 1.41. The number of carbonyl (C=O) groups is 2. The van der Waals surface area contributed by atoms with Gasteiger partial charge in [-0.3, -0.25) is 9.59 Å². The lowest BCUT2D eigenvalue weighted by Gasteiger charge is -2.14. The SMILES string of the molecule is CN(C)S(=O)(=O)c1cc(C(=O)Nc2ccc(NC(=O)c3ccco3)cc2)ccc1Br. The van der Waals surface area contributed by atoms with Crippen molar-refractivity contribution in [3.8, 4) is 0 Å². The van der Waals surface area contributed by atoms with E-state index < -0.39 is 15.9 Å². The highest BCUT2D eigenvalue weighted by atomic mass is 79.9. The molecule has 8 nitrogen and oxygen atoms in total. The van der Waals surface area contributed by atoms with E-state index in [4.69, 9.17) is 4.42 Å². The quantitative estimate of drug-likeness (QED) is 0.544. The number of halogens is 1. The summed E-state index contributed by atoms with van der Waals surface area (Å²) in [5.74, 6) is -0.669. The van der Waals surface area contributed by atoms with Crippen LogP contribution >= 0.6 is 15.9 Å². The molecule has 2 amide bonds. The molecule has 2 aromatic carbocycles. The van der Waals surface area contributed by atoms with Crippen molar-refractivity contribution >= 4 is 49.1 Å². The number of nitrogens with zero attached hydrogens (tertiary/aromatic N) is 1. The maximum atomic E-state index is 12.6. The molecular formula is C20H18BrN3O5S. The van der Waals surface area contributed by atoms with E-state index in [2.05, 4.69) is 26.6 Å². The van der Waals surface area contributed by atoms with Crippen LogP contribution in [0.4, 0.5) is 11.4 Å². The van der Waals surface area contributed by atoms with Gasteiger partial charge in [0.15, 0.2) is 5.76 Å². The Morgan fingerprint density at radius 3 is 2.07 bits per heavy atom. The Hall–Kier alpha value is -2.95. The third kappa shape index (κ3) is 4.78. The zero-order valence-corrected chi connectivity index (χ0v) is 18.5. The number of carbonyl (C=O) groups excluding carboxylic acids is 2. The lowest BCUT2D eigenvalue weighted by molar-refractivity contribution is 0.0994. The van der Waals surface area contributed by atoms with E-state index in [-0.39, 0.29) is 22.1 Å². The maximum Gasteiger partial charge on any atom is 0.291 e. The number of amides is 2. The second-order valence-electron chi connectivity index (χ2n) is 6.40. The number of benzene rings is 2. The average Bonchev–Trinajstić information content (AvgIpc) is 3.24. The van der Waals surface area contributed by atoms with Gasteiger partial charge in [0.1, 0.15) is 0 Å².